The Labute approximate surface area is 105 Å². The standard InChI is InChI=1S/C12H24N2O2S/c13-9-4-10-14(11-5-3-6-11)17(15,16)12-7-1-2-8-12/h11-12H,1-10,13H2. The first kappa shape index (κ1) is 13.3. The quantitative estimate of drug-likeness (QED) is 0.786. The molecule has 0 unspecified atom stereocenters. The van der Waals surface area contributed by atoms with E-state index in [2.05, 4.69) is 0 Å². The van der Waals surface area contributed by atoms with Crippen LogP contribution in [0.4, 0.5) is 0 Å². The zero-order valence-electron chi connectivity index (χ0n) is 10.5. The van der Waals surface area contributed by atoms with Crippen LogP contribution >= 0.6 is 0 Å². The zero-order chi connectivity index (χ0) is 12.3. The first-order valence-electron chi connectivity index (χ1n) is 6.87. The summed E-state index contributed by atoms with van der Waals surface area (Å²) in [6, 6.07) is 0.271. The predicted octanol–water partition coefficient (Wildman–Crippen LogP) is 1.46. The summed E-state index contributed by atoms with van der Waals surface area (Å²) in [6.45, 7) is 1.20. The fourth-order valence-corrected chi connectivity index (χ4v) is 5.14. The Bertz CT molecular complexity index is 332. The number of nitrogens with zero attached hydrogens (tertiary/aromatic N) is 1. The fraction of sp³-hybridized carbons (Fsp3) is 1.00. The van der Waals surface area contributed by atoms with E-state index in [-0.39, 0.29) is 11.3 Å². The molecule has 0 atom stereocenters. The van der Waals surface area contributed by atoms with Crippen molar-refractivity contribution in [3.63, 3.8) is 0 Å². The van der Waals surface area contributed by atoms with Gasteiger partial charge in [0.05, 0.1) is 5.25 Å². The van der Waals surface area contributed by atoms with Crippen molar-refractivity contribution in [3.8, 4) is 0 Å². The van der Waals surface area contributed by atoms with Crippen LogP contribution in [-0.4, -0.2) is 37.1 Å². The van der Waals surface area contributed by atoms with Gasteiger partial charge in [0.25, 0.3) is 0 Å². The highest BCUT2D eigenvalue weighted by molar-refractivity contribution is 7.89. The number of hydrogen-bond acceptors (Lipinski definition) is 3. The van der Waals surface area contributed by atoms with E-state index in [9.17, 15) is 8.42 Å². The molecule has 0 aliphatic heterocycles. The van der Waals surface area contributed by atoms with Crippen LogP contribution in [0.25, 0.3) is 0 Å². The number of hydrogen-bond donors (Lipinski definition) is 1. The average Bonchev–Trinajstić information content (AvgIpc) is 2.74. The van der Waals surface area contributed by atoms with Crippen LogP contribution < -0.4 is 5.73 Å². The molecule has 2 saturated carbocycles. The second-order valence-electron chi connectivity index (χ2n) is 5.29. The van der Waals surface area contributed by atoms with Gasteiger partial charge in [-0.05, 0) is 38.6 Å². The largest absolute Gasteiger partial charge is 0.330 e. The van der Waals surface area contributed by atoms with Crippen molar-refractivity contribution in [1.29, 1.82) is 0 Å². The molecule has 2 fully saturated rings. The van der Waals surface area contributed by atoms with Crippen LogP contribution in [0.5, 0.6) is 0 Å². The third-order valence-electron chi connectivity index (χ3n) is 4.11. The molecule has 0 radical (unpaired) electrons. The van der Waals surface area contributed by atoms with Crippen LogP contribution in [0.2, 0.25) is 0 Å². The van der Waals surface area contributed by atoms with Gasteiger partial charge >= 0.3 is 0 Å². The number of rotatable bonds is 6. The molecule has 2 N–H and O–H groups in total. The summed E-state index contributed by atoms with van der Waals surface area (Å²) in [5, 5.41) is -0.110. The first-order valence-corrected chi connectivity index (χ1v) is 8.37. The van der Waals surface area contributed by atoms with Crippen LogP contribution in [0.3, 0.4) is 0 Å². The van der Waals surface area contributed by atoms with Crippen molar-refractivity contribution in [2.24, 2.45) is 5.73 Å². The minimum absolute atomic E-state index is 0.110. The van der Waals surface area contributed by atoms with Gasteiger partial charge in [0.2, 0.25) is 10.0 Å². The summed E-state index contributed by atoms with van der Waals surface area (Å²) in [5.41, 5.74) is 5.51. The molecule has 17 heavy (non-hydrogen) atoms. The minimum Gasteiger partial charge on any atom is -0.330 e. The Kier molecular flexibility index (Phi) is 4.44. The monoisotopic (exact) mass is 260 g/mol. The summed E-state index contributed by atoms with van der Waals surface area (Å²) in [5.74, 6) is 0. The van der Waals surface area contributed by atoms with Gasteiger partial charge in [0.15, 0.2) is 0 Å². The Morgan fingerprint density at radius 1 is 1.06 bits per heavy atom. The maximum absolute atomic E-state index is 12.6. The van der Waals surface area contributed by atoms with Gasteiger partial charge < -0.3 is 5.73 Å². The highest BCUT2D eigenvalue weighted by atomic mass is 32.2. The van der Waals surface area contributed by atoms with Crippen molar-refractivity contribution in [2.45, 2.75) is 62.7 Å². The average molecular weight is 260 g/mol. The topological polar surface area (TPSA) is 63.4 Å². The van der Waals surface area contributed by atoms with Crippen molar-refractivity contribution < 1.29 is 8.42 Å². The van der Waals surface area contributed by atoms with Gasteiger partial charge in [-0.15, -0.1) is 0 Å². The molecule has 2 aliphatic rings. The molecule has 0 spiro atoms. The summed E-state index contributed by atoms with van der Waals surface area (Å²) in [7, 11) is -3.06. The summed E-state index contributed by atoms with van der Waals surface area (Å²) >= 11 is 0. The van der Waals surface area contributed by atoms with E-state index in [4.69, 9.17) is 5.73 Å². The Morgan fingerprint density at radius 3 is 2.18 bits per heavy atom. The van der Waals surface area contributed by atoms with Crippen molar-refractivity contribution in [2.75, 3.05) is 13.1 Å². The van der Waals surface area contributed by atoms with Crippen molar-refractivity contribution >= 4 is 10.0 Å². The predicted molar refractivity (Wildman–Crippen MR) is 69.2 cm³/mol. The molecule has 0 aromatic rings. The lowest BCUT2D eigenvalue weighted by atomic mass is 9.93. The summed E-state index contributed by atoms with van der Waals surface area (Å²) in [6.07, 6.45) is 7.88. The lowest BCUT2D eigenvalue weighted by Crippen LogP contribution is -2.48. The van der Waals surface area contributed by atoms with Gasteiger partial charge in [-0.2, -0.15) is 4.31 Å². The molecule has 0 aromatic carbocycles. The van der Waals surface area contributed by atoms with E-state index in [1.54, 1.807) is 4.31 Å². The maximum atomic E-state index is 12.6. The summed E-state index contributed by atoms with van der Waals surface area (Å²) in [4.78, 5) is 0. The third kappa shape index (κ3) is 2.83. The molecular weight excluding hydrogens is 236 g/mol. The molecule has 4 nitrogen and oxygen atoms in total. The first-order chi connectivity index (χ1) is 8.16. The number of sulfonamides is 1. The van der Waals surface area contributed by atoms with Gasteiger partial charge in [0.1, 0.15) is 0 Å². The van der Waals surface area contributed by atoms with E-state index in [0.717, 1.165) is 44.9 Å². The lowest BCUT2D eigenvalue weighted by Gasteiger charge is -2.38. The molecule has 2 rings (SSSR count). The molecule has 5 heteroatoms. The third-order valence-corrected chi connectivity index (χ3v) is 6.56. The molecule has 0 aromatic heterocycles. The van der Waals surface area contributed by atoms with Gasteiger partial charge in [-0.25, -0.2) is 8.42 Å². The Balaban J connectivity index is 2.06. The van der Waals surface area contributed by atoms with Gasteiger partial charge in [-0.1, -0.05) is 19.3 Å². The highest BCUT2D eigenvalue weighted by Crippen LogP contribution is 2.33. The van der Waals surface area contributed by atoms with Crippen molar-refractivity contribution in [3.05, 3.63) is 0 Å². The molecule has 0 saturated heterocycles. The second-order valence-corrected chi connectivity index (χ2v) is 7.45. The SMILES string of the molecule is NCCCN(C1CCC1)S(=O)(=O)C1CCCC1. The Morgan fingerprint density at radius 2 is 1.71 bits per heavy atom. The molecule has 100 valence electrons. The Hall–Kier alpha value is -0.130. The minimum atomic E-state index is -3.06. The van der Waals surface area contributed by atoms with Crippen molar-refractivity contribution in [1.82, 2.24) is 4.31 Å². The number of nitrogens with two attached hydrogens (primary N) is 1. The lowest BCUT2D eigenvalue weighted by molar-refractivity contribution is 0.216. The van der Waals surface area contributed by atoms with Crippen LogP contribution in [0.15, 0.2) is 0 Å². The second kappa shape index (κ2) is 5.67. The molecule has 0 amide bonds. The molecular formula is C12H24N2O2S. The maximum Gasteiger partial charge on any atom is 0.217 e. The molecule has 0 heterocycles. The van der Waals surface area contributed by atoms with E-state index < -0.39 is 10.0 Å². The highest BCUT2D eigenvalue weighted by Gasteiger charge is 2.39. The van der Waals surface area contributed by atoms with Gasteiger partial charge in [-0.3, -0.25) is 0 Å². The van der Waals surface area contributed by atoms with E-state index >= 15 is 0 Å². The molecule has 2 aliphatic carbocycles. The van der Waals surface area contributed by atoms with Crippen LogP contribution in [0, 0.1) is 0 Å². The van der Waals surface area contributed by atoms with Crippen LogP contribution in [-0.2, 0) is 10.0 Å². The smallest absolute Gasteiger partial charge is 0.217 e. The zero-order valence-corrected chi connectivity index (χ0v) is 11.3. The summed E-state index contributed by atoms with van der Waals surface area (Å²) < 4.78 is 26.9. The van der Waals surface area contributed by atoms with E-state index in [0.29, 0.717) is 13.1 Å². The van der Waals surface area contributed by atoms with Gasteiger partial charge in [0, 0.05) is 12.6 Å². The van der Waals surface area contributed by atoms with E-state index in [1.807, 2.05) is 0 Å². The normalized spacial score (nSPS) is 23.2. The fourth-order valence-electron chi connectivity index (χ4n) is 2.82. The molecule has 0 bridgehead atoms. The van der Waals surface area contributed by atoms with Crippen LogP contribution in [0.1, 0.15) is 51.4 Å². The van der Waals surface area contributed by atoms with E-state index in [1.165, 1.54) is 6.42 Å².